The number of ketones is 1. The van der Waals surface area contributed by atoms with Gasteiger partial charge in [0.15, 0.2) is 5.78 Å². The number of hydrogen-bond acceptors (Lipinski definition) is 2. The van der Waals surface area contributed by atoms with E-state index in [1.165, 1.54) is 6.08 Å². The fraction of sp³-hybridized carbons (Fsp3) is 0. The number of halogens is 1. The van der Waals surface area contributed by atoms with Crippen molar-refractivity contribution < 1.29 is 9.21 Å². The van der Waals surface area contributed by atoms with E-state index in [0.29, 0.717) is 11.3 Å². The second-order valence-corrected chi connectivity index (χ2v) is 5.60. The first-order chi connectivity index (χ1) is 10.7. The van der Waals surface area contributed by atoms with Gasteiger partial charge < -0.3 is 4.42 Å². The third kappa shape index (κ3) is 3.26. The molecule has 0 fully saturated rings. The zero-order valence-corrected chi connectivity index (χ0v) is 13.3. The summed E-state index contributed by atoms with van der Waals surface area (Å²) in [6.45, 7) is 0. The molecule has 3 heteroatoms. The van der Waals surface area contributed by atoms with Crippen molar-refractivity contribution in [2.75, 3.05) is 0 Å². The average molecular weight is 353 g/mol. The molecule has 0 bridgehead atoms. The predicted molar refractivity (Wildman–Crippen MR) is 91.7 cm³/mol. The monoisotopic (exact) mass is 352 g/mol. The Morgan fingerprint density at radius 2 is 1.64 bits per heavy atom. The molecule has 2 aromatic carbocycles. The Kier molecular flexibility index (Phi) is 4.35. The molecule has 0 saturated heterocycles. The van der Waals surface area contributed by atoms with E-state index in [-0.39, 0.29) is 5.78 Å². The average Bonchev–Trinajstić information content (AvgIpc) is 3.02. The van der Waals surface area contributed by atoms with Gasteiger partial charge in [0, 0.05) is 15.6 Å². The van der Waals surface area contributed by atoms with Gasteiger partial charge in [-0.05, 0) is 30.4 Å². The minimum atomic E-state index is -0.0422. The number of hydrogen-bond donors (Lipinski definition) is 0. The maximum atomic E-state index is 12.0. The van der Waals surface area contributed by atoms with Crippen LogP contribution in [-0.2, 0) is 0 Å². The van der Waals surface area contributed by atoms with E-state index >= 15 is 0 Å². The summed E-state index contributed by atoms with van der Waals surface area (Å²) in [5.74, 6) is 1.37. The number of rotatable bonds is 4. The number of furan rings is 1. The third-order valence-corrected chi connectivity index (χ3v) is 3.91. The molecular weight excluding hydrogens is 340 g/mol. The minimum Gasteiger partial charge on any atom is -0.457 e. The fourth-order valence-electron chi connectivity index (χ4n) is 2.10. The van der Waals surface area contributed by atoms with Crippen LogP contribution in [0.4, 0.5) is 0 Å². The molecule has 0 amide bonds. The molecule has 0 N–H and O–H groups in total. The first kappa shape index (κ1) is 14.5. The van der Waals surface area contributed by atoms with E-state index < -0.39 is 0 Å². The number of allylic oxidation sites excluding steroid dienone is 1. The van der Waals surface area contributed by atoms with Gasteiger partial charge in [-0.3, -0.25) is 4.79 Å². The Balaban J connectivity index is 1.79. The lowest BCUT2D eigenvalue weighted by molar-refractivity contribution is 0.104. The standard InChI is InChI=1S/C19H13BrO2/c20-17-9-5-4-8-16(17)19-13-11-15(22-19)10-12-18(21)14-6-2-1-3-7-14/h1-13H/b12-10+. The summed E-state index contributed by atoms with van der Waals surface area (Å²) in [6, 6.07) is 20.8. The van der Waals surface area contributed by atoms with Crippen LogP contribution in [0.3, 0.4) is 0 Å². The van der Waals surface area contributed by atoms with Crippen LogP contribution in [0.25, 0.3) is 17.4 Å². The fourth-order valence-corrected chi connectivity index (χ4v) is 2.58. The van der Waals surface area contributed by atoms with Gasteiger partial charge in [0.05, 0.1) is 0 Å². The van der Waals surface area contributed by atoms with E-state index in [2.05, 4.69) is 15.9 Å². The number of carbonyl (C=O) groups excluding carboxylic acids is 1. The van der Waals surface area contributed by atoms with Crippen LogP contribution in [0.2, 0.25) is 0 Å². The van der Waals surface area contributed by atoms with E-state index in [4.69, 9.17) is 4.42 Å². The van der Waals surface area contributed by atoms with Crippen molar-refractivity contribution in [3.63, 3.8) is 0 Å². The Hall–Kier alpha value is -2.39. The maximum absolute atomic E-state index is 12.0. The molecule has 0 unspecified atom stereocenters. The first-order valence-corrected chi connectivity index (χ1v) is 7.65. The summed E-state index contributed by atoms with van der Waals surface area (Å²) < 4.78 is 6.74. The summed E-state index contributed by atoms with van der Waals surface area (Å²) in [5.41, 5.74) is 1.65. The lowest BCUT2D eigenvalue weighted by Crippen LogP contribution is -1.92. The van der Waals surface area contributed by atoms with Crippen molar-refractivity contribution in [2.24, 2.45) is 0 Å². The Labute approximate surface area is 137 Å². The Morgan fingerprint density at radius 1 is 0.909 bits per heavy atom. The molecular formula is C19H13BrO2. The van der Waals surface area contributed by atoms with Crippen LogP contribution in [0.15, 0.2) is 81.7 Å². The van der Waals surface area contributed by atoms with E-state index in [1.54, 1.807) is 18.2 Å². The molecule has 0 radical (unpaired) electrons. The highest BCUT2D eigenvalue weighted by molar-refractivity contribution is 9.10. The topological polar surface area (TPSA) is 30.2 Å². The molecule has 0 atom stereocenters. The van der Waals surface area contributed by atoms with Crippen LogP contribution < -0.4 is 0 Å². The second kappa shape index (κ2) is 6.58. The molecule has 1 aromatic heterocycles. The van der Waals surface area contributed by atoms with Gasteiger partial charge in [-0.1, -0.05) is 64.5 Å². The molecule has 3 aromatic rings. The first-order valence-electron chi connectivity index (χ1n) is 6.86. The molecule has 22 heavy (non-hydrogen) atoms. The van der Waals surface area contributed by atoms with Gasteiger partial charge in [0.1, 0.15) is 11.5 Å². The van der Waals surface area contributed by atoms with Crippen molar-refractivity contribution in [3.05, 3.63) is 88.6 Å². The third-order valence-electron chi connectivity index (χ3n) is 3.22. The highest BCUT2D eigenvalue weighted by Crippen LogP contribution is 2.29. The van der Waals surface area contributed by atoms with Crippen LogP contribution in [0.1, 0.15) is 16.1 Å². The minimum absolute atomic E-state index is 0.0422. The molecule has 0 aliphatic rings. The summed E-state index contributed by atoms with van der Waals surface area (Å²) in [6.07, 6.45) is 3.22. The Bertz CT molecular complexity index is 816. The van der Waals surface area contributed by atoms with Gasteiger partial charge in [-0.25, -0.2) is 0 Å². The molecule has 0 saturated carbocycles. The summed E-state index contributed by atoms with van der Waals surface area (Å²) in [4.78, 5) is 12.0. The van der Waals surface area contributed by atoms with E-state index in [9.17, 15) is 4.79 Å². The highest BCUT2D eigenvalue weighted by Gasteiger charge is 2.07. The van der Waals surface area contributed by atoms with Crippen LogP contribution >= 0.6 is 15.9 Å². The predicted octanol–water partition coefficient (Wildman–Crippen LogP) is 5.61. The van der Waals surface area contributed by atoms with Crippen molar-refractivity contribution in [2.45, 2.75) is 0 Å². The summed E-state index contributed by atoms with van der Waals surface area (Å²) in [7, 11) is 0. The van der Waals surface area contributed by atoms with Crippen LogP contribution in [-0.4, -0.2) is 5.78 Å². The summed E-state index contributed by atoms with van der Waals surface area (Å²) >= 11 is 3.50. The zero-order chi connectivity index (χ0) is 15.4. The van der Waals surface area contributed by atoms with Gasteiger partial charge in [-0.15, -0.1) is 0 Å². The second-order valence-electron chi connectivity index (χ2n) is 4.75. The molecule has 1 heterocycles. The Morgan fingerprint density at radius 3 is 2.41 bits per heavy atom. The lowest BCUT2D eigenvalue weighted by atomic mass is 10.1. The molecule has 0 aliphatic heterocycles. The van der Waals surface area contributed by atoms with Crippen molar-refractivity contribution >= 4 is 27.8 Å². The zero-order valence-electron chi connectivity index (χ0n) is 11.7. The van der Waals surface area contributed by atoms with Gasteiger partial charge in [-0.2, -0.15) is 0 Å². The number of carbonyl (C=O) groups is 1. The van der Waals surface area contributed by atoms with Gasteiger partial charge in [0.25, 0.3) is 0 Å². The normalized spacial score (nSPS) is 11.0. The molecule has 2 nitrogen and oxygen atoms in total. The van der Waals surface area contributed by atoms with Crippen molar-refractivity contribution in [1.82, 2.24) is 0 Å². The smallest absolute Gasteiger partial charge is 0.185 e. The molecule has 3 rings (SSSR count). The van der Waals surface area contributed by atoms with Crippen LogP contribution in [0, 0.1) is 0 Å². The largest absolute Gasteiger partial charge is 0.457 e. The lowest BCUT2D eigenvalue weighted by Gasteiger charge is -1.99. The van der Waals surface area contributed by atoms with Crippen LogP contribution in [0.5, 0.6) is 0 Å². The van der Waals surface area contributed by atoms with Crippen molar-refractivity contribution in [3.8, 4) is 11.3 Å². The highest BCUT2D eigenvalue weighted by atomic mass is 79.9. The van der Waals surface area contributed by atoms with E-state index in [0.717, 1.165) is 15.8 Å². The number of benzene rings is 2. The van der Waals surface area contributed by atoms with E-state index in [1.807, 2.05) is 54.6 Å². The molecule has 0 spiro atoms. The molecule has 0 aliphatic carbocycles. The maximum Gasteiger partial charge on any atom is 0.185 e. The SMILES string of the molecule is O=C(/C=C/c1ccc(-c2ccccc2Br)o1)c1ccccc1. The van der Waals surface area contributed by atoms with Crippen molar-refractivity contribution in [1.29, 1.82) is 0 Å². The van der Waals surface area contributed by atoms with Gasteiger partial charge >= 0.3 is 0 Å². The summed E-state index contributed by atoms with van der Waals surface area (Å²) in [5, 5.41) is 0. The molecule has 108 valence electrons. The quantitative estimate of drug-likeness (QED) is 0.451. The van der Waals surface area contributed by atoms with Gasteiger partial charge in [0.2, 0.25) is 0 Å².